The van der Waals surface area contributed by atoms with Crippen LogP contribution in [-0.2, 0) is 16.1 Å². The van der Waals surface area contributed by atoms with Gasteiger partial charge in [0.1, 0.15) is 0 Å². The van der Waals surface area contributed by atoms with Gasteiger partial charge in [-0.15, -0.1) is 0 Å². The van der Waals surface area contributed by atoms with Crippen LogP contribution < -0.4 is 0 Å². The van der Waals surface area contributed by atoms with Crippen LogP contribution in [0.1, 0.15) is 43.2 Å². The first-order chi connectivity index (χ1) is 12.5. The van der Waals surface area contributed by atoms with Crippen molar-refractivity contribution in [2.24, 2.45) is 5.92 Å². The molecule has 1 atom stereocenters. The van der Waals surface area contributed by atoms with Gasteiger partial charge in [-0.2, -0.15) is 5.26 Å². The maximum atomic E-state index is 12.0. The Kier molecular flexibility index (Phi) is 5.95. The normalized spacial score (nSPS) is 22.7. The minimum atomic E-state index is -0.0412. The summed E-state index contributed by atoms with van der Waals surface area (Å²) >= 11 is 0. The van der Waals surface area contributed by atoms with Gasteiger partial charge < -0.3 is 9.64 Å². The number of amides is 1. The van der Waals surface area contributed by atoms with Crippen molar-refractivity contribution in [1.82, 2.24) is 9.80 Å². The van der Waals surface area contributed by atoms with E-state index in [0.29, 0.717) is 12.3 Å². The van der Waals surface area contributed by atoms with Crippen LogP contribution in [0.5, 0.6) is 0 Å². The second-order valence-electron chi connectivity index (χ2n) is 7.97. The molecule has 26 heavy (non-hydrogen) atoms. The fraction of sp³-hybridized carbons (Fsp3) is 0.619. The van der Waals surface area contributed by atoms with Gasteiger partial charge in [0.15, 0.2) is 0 Å². The van der Waals surface area contributed by atoms with Crippen LogP contribution >= 0.6 is 0 Å². The van der Waals surface area contributed by atoms with Crippen molar-refractivity contribution in [3.8, 4) is 6.07 Å². The highest BCUT2D eigenvalue weighted by molar-refractivity contribution is 5.75. The van der Waals surface area contributed by atoms with Crippen LogP contribution in [0, 0.1) is 17.2 Å². The highest BCUT2D eigenvalue weighted by Gasteiger charge is 2.40. The van der Waals surface area contributed by atoms with Crippen molar-refractivity contribution in [2.75, 3.05) is 33.8 Å². The summed E-state index contributed by atoms with van der Waals surface area (Å²) in [6, 6.07) is 10.1. The second kappa shape index (κ2) is 8.20. The molecule has 2 aliphatic rings. The van der Waals surface area contributed by atoms with Crippen molar-refractivity contribution in [2.45, 2.75) is 44.2 Å². The molecule has 2 aliphatic heterocycles. The maximum Gasteiger partial charge on any atom is 0.222 e. The predicted molar refractivity (Wildman–Crippen MR) is 100 cm³/mol. The van der Waals surface area contributed by atoms with Gasteiger partial charge in [0.05, 0.1) is 17.2 Å². The van der Waals surface area contributed by atoms with E-state index in [0.717, 1.165) is 57.5 Å². The molecule has 140 valence electrons. The highest BCUT2D eigenvalue weighted by atomic mass is 16.5. The number of nitriles is 1. The minimum Gasteiger partial charge on any atom is -0.375 e. The number of nitrogens with zero attached hydrogens (tertiary/aromatic N) is 3. The maximum absolute atomic E-state index is 12.0. The molecule has 5 heteroatoms. The topological polar surface area (TPSA) is 56.6 Å². The monoisotopic (exact) mass is 355 g/mol. The number of hydrogen-bond acceptors (Lipinski definition) is 4. The summed E-state index contributed by atoms with van der Waals surface area (Å²) in [5.74, 6) is 0.666. The molecule has 1 aromatic rings. The average Bonchev–Trinajstić information content (AvgIpc) is 2.64. The molecule has 1 unspecified atom stereocenters. The van der Waals surface area contributed by atoms with E-state index in [-0.39, 0.29) is 11.5 Å². The van der Waals surface area contributed by atoms with Gasteiger partial charge in [-0.3, -0.25) is 9.69 Å². The number of carbonyl (C=O) groups excluding carboxylic acids is 1. The molecule has 2 heterocycles. The first kappa shape index (κ1) is 18.9. The van der Waals surface area contributed by atoms with Crippen LogP contribution in [0.3, 0.4) is 0 Å². The molecule has 3 rings (SSSR count). The molecule has 1 amide bonds. The van der Waals surface area contributed by atoms with E-state index >= 15 is 0 Å². The molecule has 1 aromatic carbocycles. The first-order valence-electron chi connectivity index (χ1n) is 9.55. The molecule has 2 fully saturated rings. The summed E-state index contributed by atoms with van der Waals surface area (Å²) in [5.41, 5.74) is 1.87. The van der Waals surface area contributed by atoms with Gasteiger partial charge in [-0.1, -0.05) is 12.1 Å². The third-order valence-corrected chi connectivity index (χ3v) is 5.79. The van der Waals surface area contributed by atoms with E-state index in [9.17, 15) is 4.79 Å². The number of piperidine rings is 1. The molecule has 0 radical (unpaired) electrons. The van der Waals surface area contributed by atoms with E-state index < -0.39 is 0 Å². The fourth-order valence-corrected chi connectivity index (χ4v) is 4.20. The number of likely N-dealkylation sites (tertiary alicyclic amines) is 1. The summed E-state index contributed by atoms with van der Waals surface area (Å²) in [6.45, 7) is 3.67. The van der Waals surface area contributed by atoms with Gasteiger partial charge in [0.2, 0.25) is 5.91 Å². The Morgan fingerprint density at radius 3 is 2.85 bits per heavy atom. The molecular formula is C21H29N3O2. The number of carbonyl (C=O) groups is 1. The zero-order valence-electron chi connectivity index (χ0n) is 15.9. The summed E-state index contributed by atoms with van der Waals surface area (Å²) in [4.78, 5) is 16.2. The van der Waals surface area contributed by atoms with Crippen molar-refractivity contribution in [1.29, 1.82) is 5.26 Å². The zero-order valence-corrected chi connectivity index (χ0v) is 15.9. The van der Waals surface area contributed by atoms with Crippen molar-refractivity contribution < 1.29 is 9.53 Å². The molecule has 0 N–H and O–H groups in total. The van der Waals surface area contributed by atoms with E-state index in [2.05, 4.69) is 17.0 Å². The predicted octanol–water partition coefficient (Wildman–Crippen LogP) is 2.80. The SMILES string of the molecule is CN(C)C(=O)CC1CCOC2(CCN(Cc3cccc(C#N)c3)CC2)C1. The minimum absolute atomic E-state index is 0.0412. The first-order valence-corrected chi connectivity index (χ1v) is 9.55. The lowest BCUT2D eigenvalue weighted by molar-refractivity contribution is -0.140. The molecule has 0 saturated carbocycles. The molecular weight excluding hydrogens is 326 g/mol. The van der Waals surface area contributed by atoms with Crippen LogP contribution in [0.4, 0.5) is 0 Å². The van der Waals surface area contributed by atoms with E-state index in [4.69, 9.17) is 10.00 Å². The van der Waals surface area contributed by atoms with Gasteiger partial charge in [0.25, 0.3) is 0 Å². The Hall–Kier alpha value is -1.90. The Balaban J connectivity index is 1.53. The van der Waals surface area contributed by atoms with E-state index in [1.165, 1.54) is 5.56 Å². The van der Waals surface area contributed by atoms with Crippen molar-refractivity contribution in [3.05, 3.63) is 35.4 Å². The van der Waals surface area contributed by atoms with Gasteiger partial charge in [-0.05, 0) is 49.3 Å². The van der Waals surface area contributed by atoms with Gasteiger partial charge in [0, 0.05) is 46.8 Å². The smallest absolute Gasteiger partial charge is 0.222 e. The molecule has 0 aromatic heterocycles. The zero-order chi connectivity index (χ0) is 18.6. The molecule has 0 aliphatic carbocycles. The Morgan fingerprint density at radius 1 is 1.38 bits per heavy atom. The average molecular weight is 355 g/mol. The second-order valence-corrected chi connectivity index (χ2v) is 7.97. The summed E-state index contributed by atoms with van der Waals surface area (Å²) in [7, 11) is 3.66. The lowest BCUT2D eigenvalue weighted by Gasteiger charge is -2.46. The third-order valence-electron chi connectivity index (χ3n) is 5.79. The number of benzene rings is 1. The van der Waals surface area contributed by atoms with Crippen LogP contribution in [0.2, 0.25) is 0 Å². The number of ether oxygens (including phenoxy) is 1. The Bertz CT molecular complexity index is 672. The lowest BCUT2D eigenvalue weighted by Crippen LogP contribution is -2.49. The lowest BCUT2D eigenvalue weighted by atomic mass is 9.78. The summed E-state index contributed by atoms with van der Waals surface area (Å²) in [6.07, 6.45) is 4.69. The molecule has 5 nitrogen and oxygen atoms in total. The summed E-state index contributed by atoms with van der Waals surface area (Å²) < 4.78 is 6.22. The number of rotatable bonds is 4. The highest BCUT2D eigenvalue weighted by Crippen LogP contribution is 2.39. The van der Waals surface area contributed by atoms with Crippen LogP contribution in [0.15, 0.2) is 24.3 Å². The van der Waals surface area contributed by atoms with Crippen molar-refractivity contribution in [3.63, 3.8) is 0 Å². The Labute approximate surface area is 156 Å². The van der Waals surface area contributed by atoms with Crippen LogP contribution in [0.25, 0.3) is 0 Å². The Morgan fingerprint density at radius 2 is 2.15 bits per heavy atom. The quantitative estimate of drug-likeness (QED) is 0.833. The standard InChI is InChI=1S/C21H29N3O2/c1-23(2)20(25)13-17-6-11-26-21(14-17)7-9-24(10-8-21)16-19-5-3-4-18(12-19)15-22/h3-5,12,17H,6-11,13-14,16H2,1-2H3. The van der Waals surface area contributed by atoms with Gasteiger partial charge in [-0.25, -0.2) is 0 Å². The third kappa shape index (κ3) is 4.63. The fourth-order valence-electron chi connectivity index (χ4n) is 4.20. The molecule has 2 saturated heterocycles. The molecule has 1 spiro atoms. The van der Waals surface area contributed by atoms with E-state index in [1.807, 2.05) is 32.3 Å². The number of hydrogen-bond donors (Lipinski definition) is 0. The van der Waals surface area contributed by atoms with Crippen LogP contribution in [-0.4, -0.2) is 55.1 Å². The van der Waals surface area contributed by atoms with Gasteiger partial charge >= 0.3 is 0 Å². The largest absolute Gasteiger partial charge is 0.375 e. The molecule has 0 bridgehead atoms. The van der Waals surface area contributed by atoms with Crippen molar-refractivity contribution >= 4 is 5.91 Å². The van der Waals surface area contributed by atoms with E-state index in [1.54, 1.807) is 4.90 Å². The summed E-state index contributed by atoms with van der Waals surface area (Å²) in [5, 5.41) is 9.05.